The van der Waals surface area contributed by atoms with Gasteiger partial charge in [-0.2, -0.15) is 40.3 Å². The van der Waals surface area contributed by atoms with Crippen LogP contribution in [0.25, 0.3) is 49.8 Å². The van der Waals surface area contributed by atoms with Crippen LogP contribution in [0, 0.1) is 18.8 Å². The van der Waals surface area contributed by atoms with Gasteiger partial charge in [-0.15, -0.1) is 0 Å². The Hall–Kier alpha value is -16.7. The Morgan fingerprint density at radius 1 is 0.424 bits per heavy atom. The van der Waals surface area contributed by atoms with E-state index in [2.05, 4.69) is 122 Å². The minimum Gasteiger partial charge on any atom is -0.497 e. The lowest BCUT2D eigenvalue weighted by atomic mass is 10.0. The number of H-pyrrole nitrogens is 4. The number of methoxy groups -OCH3 is 5. The number of aliphatic imine (C=N–C) groups is 1. The van der Waals surface area contributed by atoms with Gasteiger partial charge in [0.15, 0.2) is 40.5 Å². The fraction of sp³-hybridized carbons (Fsp3) is 0.369. The monoisotopic (exact) mass is 1960 g/mol. The minimum absolute atomic E-state index is 0.00205. The molecule has 0 spiro atoms. The number of nitrogens with zero attached hydrogens (tertiary/aromatic N) is 14. The SMILES string of the molecule is COc1ccc(CC(=O)C(C)NC2=NC3C(C=NN3C3CCCC3)C(=O)N2)cc1.COc1ccc(CC(=O)C(C)Nc2nc3c(cnn3C(C)C)c(=O)[nH]2)cc1.COc1ccc(CC(=O)C(C)Nc2nc3c(cnn3C3CCCC3)c(=O)[nH]2)cc1.COc1ccc(NC(=O)C(C)Nc2nc3c(ccn3CC(C)C)c(=O)[nH]2)cc1.COc1ccc(NC(=O)C(C)Nc2nc3c(cnn3-c3ccccc3C)c(=O)[nH]2)cc1. The van der Waals surface area contributed by atoms with Crippen LogP contribution >= 0.6 is 0 Å². The summed E-state index contributed by atoms with van der Waals surface area (Å²) in [4.78, 5) is 158. The number of hydrogen-bond acceptors (Lipinski definition) is 30. The van der Waals surface area contributed by atoms with Crippen molar-refractivity contribution in [1.82, 2.24) is 89.4 Å². The van der Waals surface area contributed by atoms with E-state index in [-0.39, 0.29) is 118 Å². The third-order valence-corrected chi connectivity index (χ3v) is 24.8. The second-order valence-electron chi connectivity index (χ2n) is 36.3. The number of rotatable bonds is 33. The van der Waals surface area contributed by atoms with Crippen LogP contribution in [0.3, 0.4) is 0 Å². The zero-order valence-electron chi connectivity index (χ0n) is 83.0. The van der Waals surface area contributed by atoms with Crippen molar-refractivity contribution in [3.8, 4) is 34.4 Å². The standard InChI is InChI=1S/C22H22N6O3.C21H27N5O3.C21H25N5O3.C20H25N5O3.C19H23N5O3/c1-13-6-4-5-7-18(13)28-19-17(12-23-28)21(30)27-22(26-19)24-14(2)20(29)25-15-8-10-16(31-3)11-9-15;2*1-13(18(27)11-14-7-9-16(29-2)10-8-14)23-21-24-19-17(20(28)25-21)12-22-26(19)15-5-3-4-6-15;1-12(2)11-25-10-9-16-17(25)23-20(24-19(16)27)21-13(3)18(26)22-14-5-7-15(28-4)8-6-14;1-11(2)24-17-15(10-20-24)18(26)23-19(22-17)21-12(3)16(25)9-13-5-7-14(27-4)8-6-13/h4-12,14H,1-3H3,(H,25,29)(H2,24,26,27,30);7-10,12-13,15,17,19H,3-6,11H2,1-2H3,(H2,23,24,25,28);7-10,12-13,15H,3-6,11H2,1-2H3,(H2,23,24,25,28);5-10,12-13H,11H2,1-4H3,(H,22,26)(H2,21,23,24,27);5-8,10-12H,9H2,1-4H3,(H2,21,22,23,26). The van der Waals surface area contributed by atoms with Crippen LogP contribution in [-0.4, -0.2) is 204 Å². The maximum atomic E-state index is 12.6. The molecule has 144 heavy (non-hydrogen) atoms. The Balaban J connectivity index is 0.000000143. The number of ether oxygens (including phenoxy) is 5. The number of Topliss-reactive ketones (excluding diaryl/α,β-unsaturated/α-hetero) is 3. The van der Waals surface area contributed by atoms with Crippen LogP contribution in [0.4, 0.5) is 35.2 Å². The molecule has 7 unspecified atom stereocenters. The number of aromatic amines is 4. The van der Waals surface area contributed by atoms with Gasteiger partial charge in [0.1, 0.15) is 68.6 Å². The number of ketones is 3. The zero-order valence-corrected chi connectivity index (χ0v) is 83.0. The molecule has 41 nitrogen and oxygen atoms in total. The smallest absolute Gasteiger partial charge is 0.263 e. The number of aromatic nitrogens is 15. The van der Waals surface area contributed by atoms with Crippen molar-refractivity contribution >= 4 is 127 Å². The number of carbonyl (C=O) groups is 6. The molecule has 4 aliphatic rings. The Labute approximate surface area is 829 Å². The molecule has 14 aromatic rings. The van der Waals surface area contributed by atoms with Crippen molar-refractivity contribution in [1.29, 1.82) is 0 Å². The molecule has 6 aromatic carbocycles. The molecule has 12 N–H and O–H groups in total. The van der Waals surface area contributed by atoms with Crippen LogP contribution in [-0.2, 0) is 54.6 Å². The molecule has 10 heterocycles. The van der Waals surface area contributed by atoms with Gasteiger partial charge < -0.3 is 65.5 Å². The molecule has 2 saturated carbocycles. The highest BCUT2D eigenvalue weighted by Gasteiger charge is 2.43. The van der Waals surface area contributed by atoms with Gasteiger partial charge >= 0.3 is 0 Å². The van der Waals surface area contributed by atoms with Gasteiger partial charge in [-0.25, -0.2) is 19.0 Å². The first-order valence-electron chi connectivity index (χ1n) is 47.8. The van der Waals surface area contributed by atoms with Gasteiger partial charge in [0.25, 0.3) is 22.2 Å². The molecule has 0 bridgehead atoms. The van der Waals surface area contributed by atoms with E-state index in [1.807, 2.05) is 138 Å². The first-order chi connectivity index (χ1) is 69.3. The van der Waals surface area contributed by atoms with Gasteiger partial charge in [-0.3, -0.25) is 78.2 Å². The number of amides is 3. The number of aryl methyl sites for hydroxylation is 1. The first-order valence-corrected chi connectivity index (χ1v) is 47.8. The molecule has 0 radical (unpaired) electrons. The predicted molar refractivity (Wildman–Crippen MR) is 552 cm³/mol. The van der Waals surface area contributed by atoms with E-state index < -0.39 is 30.2 Å². The summed E-state index contributed by atoms with van der Waals surface area (Å²) < 4.78 is 32.7. The number of guanidine groups is 1. The van der Waals surface area contributed by atoms with E-state index >= 15 is 0 Å². The van der Waals surface area contributed by atoms with Gasteiger partial charge in [0, 0.05) is 61.7 Å². The van der Waals surface area contributed by atoms with E-state index in [1.54, 1.807) is 147 Å². The van der Waals surface area contributed by atoms with E-state index in [0.29, 0.717) is 91.3 Å². The van der Waals surface area contributed by atoms with Crippen molar-refractivity contribution in [2.24, 2.45) is 21.9 Å². The summed E-state index contributed by atoms with van der Waals surface area (Å²) in [5.41, 5.74) is 6.77. The summed E-state index contributed by atoms with van der Waals surface area (Å²) in [7, 11) is 7.98. The summed E-state index contributed by atoms with van der Waals surface area (Å²) >= 11 is 0. The molecule has 7 atom stereocenters. The molecule has 2 aliphatic heterocycles. The van der Waals surface area contributed by atoms with E-state index in [1.165, 1.54) is 25.2 Å². The normalized spacial score (nSPS) is 15.3. The molecular weight excluding hydrogens is 1840 g/mol. The van der Waals surface area contributed by atoms with Crippen LogP contribution < -0.4 is 88.5 Å². The summed E-state index contributed by atoms with van der Waals surface area (Å²) in [5, 5.41) is 44.6. The number of nitrogens with one attached hydrogen (secondary N) is 12. The number of para-hydroxylation sites is 1. The Kier molecular flexibility index (Phi) is 34.1. The van der Waals surface area contributed by atoms with Crippen LogP contribution in [0.15, 0.2) is 206 Å². The van der Waals surface area contributed by atoms with E-state index in [9.17, 15) is 47.9 Å². The van der Waals surface area contributed by atoms with Crippen molar-refractivity contribution in [2.75, 3.05) is 67.4 Å². The molecule has 2 aliphatic carbocycles. The largest absolute Gasteiger partial charge is 0.497 e. The van der Waals surface area contributed by atoms with Crippen LogP contribution in [0.1, 0.15) is 148 Å². The second kappa shape index (κ2) is 47.5. The minimum atomic E-state index is -0.655. The first kappa shape index (κ1) is 103. The lowest BCUT2D eigenvalue weighted by Gasteiger charge is -2.32. The maximum Gasteiger partial charge on any atom is 0.263 e. The molecule has 3 amide bonds. The number of hydrazone groups is 1. The average Bonchev–Trinajstić information content (AvgIpc) is 1.63. The van der Waals surface area contributed by atoms with Gasteiger partial charge in [0.05, 0.1) is 89.4 Å². The Bertz CT molecular complexity index is 7170. The maximum absolute atomic E-state index is 12.6. The third-order valence-electron chi connectivity index (χ3n) is 24.8. The fourth-order valence-electron chi connectivity index (χ4n) is 16.7. The fourth-order valence-corrected chi connectivity index (χ4v) is 16.7. The van der Waals surface area contributed by atoms with E-state index in [0.717, 1.165) is 90.3 Å². The van der Waals surface area contributed by atoms with Crippen LogP contribution in [0.2, 0.25) is 0 Å². The lowest BCUT2D eigenvalue weighted by Crippen LogP contribution is -2.56. The van der Waals surface area contributed by atoms with Gasteiger partial charge in [-0.1, -0.05) is 94.1 Å². The van der Waals surface area contributed by atoms with Crippen molar-refractivity contribution in [3.05, 3.63) is 240 Å². The van der Waals surface area contributed by atoms with E-state index in [4.69, 9.17) is 23.7 Å². The van der Waals surface area contributed by atoms with Gasteiger partial charge in [-0.05, 0) is 206 Å². The zero-order chi connectivity index (χ0) is 103. The summed E-state index contributed by atoms with van der Waals surface area (Å²) in [5.74, 6) is 4.40. The van der Waals surface area contributed by atoms with Crippen LogP contribution in [0.5, 0.6) is 28.7 Å². The third kappa shape index (κ3) is 25.9. The number of fused-ring (bicyclic) bond motifs is 5. The molecule has 41 heteroatoms. The highest BCUT2D eigenvalue weighted by molar-refractivity contribution is 6.08. The molecule has 2 fully saturated rings. The molecule has 18 rings (SSSR count). The van der Waals surface area contributed by atoms with Gasteiger partial charge in [0.2, 0.25) is 47.5 Å². The quantitative estimate of drug-likeness (QED) is 0.0182. The number of hydrogen-bond donors (Lipinski definition) is 12. The van der Waals surface area contributed by atoms with Crippen molar-refractivity contribution in [3.63, 3.8) is 0 Å². The molecule has 754 valence electrons. The predicted octanol–water partition coefficient (Wildman–Crippen LogP) is 12.3. The number of anilines is 6. The highest BCUT2D eigenvalue weighted by atomic mass is 16.5. The summed E-state index contributed by atoms with van der Waals surface area (Å²) in [6.45, 7) is 19.5. The number of carbonyl (C=O) groups excluding carboxylic acids is 6. The second-order valence-corrected chi connectivity index (χ2v) is 36.3. The molecule has 0 saturated heterocycles. The number of benzene rings is 6. The lowest BCUT2D eigenvalue weighted by molar-refractivity contribution is -0.124. The molecule has 8 aromatic heterocycles. The van der Waals surface area contributed by atoms with Crippen molar-refractivity contribution in [2.45, 2.75) is 201 Å². The summed E-state index contributed by atoms with van der Waals surface area (Å²) in [6, 6.07) is 43.6. The van der Waals surface area contributed by atoms with Crippen molar-refractivity contribution < 1.29 is 52.5 Å². The Morgan fingerprint density at radius 2 is 0.812 bits per heavy atom. The topological polar surface area (TPSA) is 514 Å². The molecular formula is C103H122N26O15. The summed E-state index contributed by atoms with van der Waals surface area (Å²) in [6.07, 6.45) is 17.6. The Morgan fingerprint density at radius 3 is 1.26 bits per heavy atom. The average molecular weight is 1960 g/mol. The highest BCUT2D eigenvalue weighted by Crippen LogP contribution is 2.34.